The van der Waals surface area contributed by atoms with Crippen molar-refractivity contribution in [1.82, 2.24) is 15.0 Å². The van der Waals surface area contributed by atoms with Gasteiger partial charge in [0.2, 0.25) is 0 Å². The number of esters is 1. The van der Waals surface area contributed by atoms with E-state index in [4.69, 9.17) is 4.74 Å². The van der Waals surface area contributed by atoms with Crippen LogP contribution in [0.2, 0.25) is 0 Å². The van der Waals surface area contributed by atoms with Gasteiger partial charge in [0, 0.05) is 6.42 Å². The number of hydrogen-bond donors (Lipinski definition) is 1. The van der Waals surface area contributed by atoms with Crippen LogP contribution in [0.3, 0.4) is 0 Å². The van der Waals surface area contributed by atoms with Crippen LogP contribution in [0.4, 0.5) is 0 Å². The first-order valence-corrected chi connectivity index (χ1v) is 10.3. The standard InChI is InChI=1S/C23H29N3O3/c1-17(2)8-4-3-5-15-29-22(28)14-13-18-9-6-10-19(16-18)26-24-20-11-7-12-21(27)23(20)25-26/h6-7,9-12,16-17,27H,3-5,8,13-15H2,1-2H3. The van der Waals surface area contributed by atoms with E-state index in [-0.39, 0.29) is 11.7 Å². The molecule has 1 N–H and O–H groups in total. The molecular weight excluding hydrogens is 366 g/mol. The smallest absolute Gasteiger partial charge is 0.306 e. The highest BCUT2D eigenvalue weighted by molar-refractivity contribution is 5.80. The third-order valence-electron chi connectivity index (χ3n) is 4.84. The van der Waals surface area contributed by atoms with E-state index in [0.717, 1.165) is 30.0 Å². The van der Waals surface area contributed by atoms with Crippen molar-refractivity contribution in [3.05, 3.63) is 48.0 Å². The fourth-order valence-corrected chi connectivity index (χ4v) is 3.21. The summed E-state index contributed by atoms with van der Waals surface area (Å²) in [5.74, 6) is 0.679. The molecule has 1 heterocycles. The van der Waals surface area contributed by atoms with Crippen LogP contribution in [-0.2, 0) is 16.0 Å². The van der Waals surface area contributed by atoms with Crippen molar-refractivity contribution in [1.29, 1.82) is 0 Å². The summed E-state index contributed by atoms with van der Waals surface area (Å²) >= 11 is 0. The molecule has 0 aliphatic heterocycles. The van der Waals surface area contributed by atoms with E-state index in [0.29, 0.717) is 30.5 Å². The molecule has 0 radical (unpaired) electrons. The summed E-state index contributed by atoms with van der Waals surface area (Å²) in [6.07, 6.45) is 5.41. The monoisotopic (exact) mass is 395 g/mol. The minimum Gasteiger partial charge on any atom is -0.506 e. The van der Waals surface area contributed by atoms with Gasteiger partial charge in [-0.3, -0.25) is 4.79 Å². The van der Waals surface area contributed by atoms with Gasteiger partial charge >= 0.3 is 5.97 Å². The minimum absolute atomic E-state index is 0.108. The molecule has 0 unspecified atom stereocenters. The normalized spacial score (nSPS) is 11.3. The summed E-state index contributed by atoms with van der Waals surface area (Å²) in [5.41, 5.74) is 2.90. The zero-order chi connectivity index (χ0) is 20.6. The molecule has 2 aromatic carbocycles. The van der Waals surface area contributed by atoms with Gasteiger partial charge in [-0.15, -0.1) is 10.2 Å². The average molecular weight is 396 g/mol. The molecule has 0 amide bonds. The zero-order valence-corrected chi connectivity index (χ0v) is 17.2. The van der Waals surface area contributed by atoms with Crippen LogP contribution in [0.15, 0.2) is 42.5 Å². The first kappa shape index (κ1) is 20.8. The van der Waals surface area contributed by atoms with Crippen LogP contribution in [-0.4, -0.2) is 32.7 Å². The number of phenolic OH excluding ortho intramolecular Hbond substituents is 1. The Morgan fingerprint density at radius 3 is 2.72 bits per heavy atom. The Morgan fingerprint density at radius 1 is 1.10 bits per heavy atom. The molecule has 0 fully saturated rings. The fraction of sp³-hybridized carbons (Fsp3) is 0.435. The fourth-order valence-electron chi connectivity index (χ4n) is 3.21. The quantitative estimate of drug-likeness (QED) is 0.393. The summed E-state index contributed by atoms with van der Waals surface area (Å²) < 4.78 is 5.34. The van der Waals surface area contributed by atoms with Crippen molar-refractivity contribution in [3.8, 4) is 11.4 Å². The highest BCUT2D eigenvalue weighted by Crippen LogP contribution is 2.22. The summed E-state index contributed by atoms with van der Waals surface area (Å²) in [4.78, 5) is 13.5. The summed E-state index contributed by atoms with van der Waals surface area (Å²) in [7, 11) is 0. The van der Waals surface area contributed by atoms with Gasteiger partial charge in [0.25, 0.3) is 0 Å². The molecule has 0 spiro atoms. The maximum atomic E-state index is 12.0. The molecule has 29 heavy (non-hydrogen) atoms. The van der Waals surface area contributed by atoms with Gasteiger partial charge in [-0.2, -0.15) is 4.80 Å². The molecule has 0 saturated carbocycles. The van der Waals surface area contributed by atoms with Crippen LogP contribution >= 0.6 is 0 Å². The van der Waals surface area contributed by atoms with E-state index in [1.165, 1.54) is 17.6 Å². The van der Waals surface area contributed by atoms with Crippen LogP contribution in [0.1, 0.15) is 51.5 Å². The number of aromatic hydroxyl groups is 1. The number of unbranched alkanes of at least 4 members (excludes halogenated alkanes) is 2. The van der Waals surface area contributed by atoms with Gasteiger partial charge < -0.3 is 9.84 Å². The molecule has 0 aliphatic carbocycles. The molecule has 6 heteroatoms. The molecule has 154 valence electrons. The number of ether oxygens (including phenoxy) is 1. The lowest BCUT2D eigenvalue weighted by Crippen LogP contribution is -2.07. The number of carbonyl (C=O) groups excluding carboxylic acids is 1. The second-order valence-corrected chi connectivity index (χ2v) is 7.77. The molecule has 0 bridgehead atoms. The van der Waals surface area contributed by atoms with Crippen LogP contribution in [0.5, 0.6) is 5.75 Å². The predicted molar refractivity (Wildman–Crippen MR) is 113 cm³/mol. The lowest BCUT2D eigenvalue weighted by Gasteiger charge is -2.07. The highest BCUT2D eigenvalue weighted by Gasteiger charge is 2.09. The van der Waals surface area contributed by atoms with E-state index in [1.54, 1.807) is 18.2 Å². The Kier molecular flexibility index (Phi) is 7.22. The van der Waals surface area contributed by atoms with Gasteiger partial charge in [-0.1, -0.05) is 51.3 Å². The first-order chi connectivity index (χ1) is 14.0. The maximum absolute atomic E-state index is 12.0. The minimum atomic E-state index is -0.160. The molecule has 0 saturated heterocycles. The Balaban J connectivity index is 1.49. The number of aryl methyl sites for hydroxylation is 1. The number of rotatable bonds is 10. The molecule has 0 atom stereocenters. The summed E-state index contributed by atoms with van der Waals surface area (Å²) in [6, 6.07) is 12.9. The van der Waals surface area contributed by atoms with Crippen molar-refractivity contribution in [2.24, 2.45) is 5.92 Å². The van der Waals surface area contributed by atoms with E-state index in [2.05, 4.69) is 24.0 Å². The predicted octanol–water partition coefficient (Wildman–Crippen LogP) is 4.82. The van der Waals surface area contributed by atoms with E-state index in [9.17, 15) is 9.90 Å². The Labute approximate surface area is 171 Å². The lowest BCUT2D eigenvalue weighted by molar-refractivity contribution is -0.143. The number of phenols is 1. The van der Waals surface area contributed by atoms with Gasteiger partial charge in [-0.25, -0.2) is 0 Å². The van der Waals surface area contributed by atoms with Crippen LogP contribution in [0, 0.1) is 5.92 Å². The van der Waals surface area contributed by atoms with E-state index >= 15 is 0 Å². The van der Waals surface area contributed by atoms with Crippen molar-refractivity contribution in [2.45, 2.75) is 52.4 Å². The molecular formula is C23H29N3O3. The molecule has 3 aromatic rings. The van der Waals surface area contributed by atoms with E-state index < -0.39 is 0 Å². The van der Waals surface area contributed by atoms with Crippen molar-refractivity contribution in [3.63, 3.8) is 0 Å². The van der Waals surface area contributed by atoms with Gasteiger partial charge in [-0.05, 0) is 48.6 Å². The van der Waals surface area contributed by atoms with Gasteiger partial charge in [0.15, 0.2) is 5.52 Å². The van der Waals surface area contributed by atoms with Crippen LogP contribution < -0.4 is 0 Å². The molecule has 3 rings (SSSR count). The molecule has 6 nitrogen and oxygen atoms in total. The number of nitrogens with zero attached hydrogens (tertiary/aromatic N) is 3. The number of benzene rings is 2. The third-order valence-corrected chi connectivity index (χ3v) is 4.84. The zero-order valence-electron chi connectivity index (χ0n) is 17.2. The number of hydrogen-bond acceptors (Lipinski definition) is 5. The number of carbonyl (C=O) groups is 1. The number of aromatic nitrogens is 3. The number of fused-ring (bicyclic) bond motifs is 1. The van der Waals surface area contributed by atoms with Crippen LogP contribution in [0.25, 0.3) is 16.7 Å². The Hall–Kier alpha value is -2.89. The highest BCUT2D eigenvalue weighted by atomic mass is 16.5. The largest absolute Gasteiger partial charge is 0.506 e. The lowest BCUT2D eigenvalue weighted by atomic mass is 10.1. The van der Waals surface area contributed by atoms with Crippen molar-refractivity contribution < 1.29 is 14.6 Å². The van der Waals surface area contributed by atoms with E-state index in [1.807, 2.05) is 24.3 Å². The SMILES string of the molecule is CC(C)CCCCCOC(=O)CCc1cccc(-n2nc3cccc(O)c3n2)c1. The second-order valence-electron chi connectivity index (χ2n) is 7.77. The Morgan fingerprint density at radius 2 is 1.93 bits per heavy atom. The van der Waals surface area contributed by atoms with Gasteiger partial charge in [0.1, 0.15) is 11.3 Å². The maximum Gasteiger partial charge on any atom is 0.306 e. The summed E-state index contributed by atoms with van der Waals surface area (Å²) in [6.45, 7) is 4.96. The third kappa shape index (κ3) is 6.04. The van der Waals surface area contributed by atoms with Crippen molar-refractivity contribution in [2.75, 3.05) is 6.61 Å². The average Bonchev–Trinajstić information content (AvgIpc) is 3.15. The first-order valence-electron chi connectivity index (χ1n) is 10.3. The Bertz CT molecular complexity index is 949. The van der Waals surface area contributed by atoms with Gasteiger partial charge in [0.05, 0.1) is 12.3 Å². The molecule has 1 aromatic heterocycles. The summed E-state index contributed by atoms with van der Waals surface area (Å²) in [5, 5.41) is 18.7. The molecule has 0 aliphatic rings. The van der Waals surface area contributed by atoms with Crippen molar-refractivity contribution >= 4 is 17.0 Å². The second kappa shape index (κ2) is 10.0. The topological polar surface area (TPSA) is 77.2 Å².